The van der Waals surface area contributed by atoms with Crippen LogP contribution in [0.2, 0.25) is 0 Å². The van der Waals surface area contributed by atoms with Crippen molar-refractivity contribution in [1.29, 1.82) is 0 Å². The summed E-state index contributed by atoms with van der Waals surface area (Å²) in [4.78, 5) is 0. The number of hydrogen-bond acceptors (Lipinski definition) is 4. The Kier molecular flexibility index (Phi) is 2.54. The van der Waals surface area contributed by atoms with E-state index in [1.165, 1.54) is 0 Å². The molecule has 21 heavy (non-hydrogen) atoms. The average molecular weight is 276 g/mol. The molecule has 0 aliphatic heterocycles. The second-order valence-corrected chi connectivity index (χ2v) is 4.78. The Bertz CT molecular complexity index is 874. The van der Waals surface area contributed by atoms with Crippen molar-refractivity contribution < 1.29 is 8.94 Å². The largest absolute Gasteiger partial charge is 0.454 e. The number of furan rings is 1. The number of benzene rings is 2. The van der Waals surface area contributed by atoms with Gasteiger partial charge in [0.15, 0.2) is 11.5 Å². The van der Waals surface area contributed by atoms with Gasteiger partial charge < -0.3 is 14.7 Å². The molecule has 0 bridgehead atoms. The summed E-state index contributed by atoms with van der Waals surface area (Å²) < 4.78 is 11.0. The number of anilines is 1. The Morgan fingerprint density at radius 2 is 1.67 bits per heavy atom. The maximum atomic E-state index is 5.93. The van der Waals surface area contributed by atoms with E-state index in [0.717, 1.165) is 22.1 Å². The van der Waals surface area contributed by atoms with E-state index in [0.29, 0.717) is 11.5 Å². The topological polar surface area (TPSA) is 65.2 Å². The van der Waals surface area contributed by atoms with Crippen molar-refractivity contribution in [3.05, 3.63) is 60.7 Å². The van der Waals surface area contributed by atoms with Gasteiger partial charge in [0.2, 0.25) is 5.88 Å². The molecule has 0 fully saturated rings. The molecular weight excluding hydrogens is 264 g/mol. The molecule has 2 aromatic heterocycles. The number of hydrogen-bond donors (Lipinski definition) is 1. The number of nitrogens with two attached hydrogens (primary N) is 1. The van der Waals surface area contributed by atoms with Gasteiger partial charge in [-0.15, -0.1) is 0 Å². The Morgan fingerprint density at radius 1 is 0.905 bits per heavy atom. The Labute approximate surface area is 120 Å². The maximum absolute atomic E-state index is 5.93. The van der Waals surface area contributed by atoms with Crippen molar-refractivity contribution in [2.75, 3.05) is 5.73 Å². The lowest BCUT2D eigenvalue weighted by Gasteiger charge is -1.99. The molecular formula is C17H12N2O2. The lowest BCUT2D eigenvalue weighted by Crippen LogP contribution is -1.86. The molecule has 0 spiro atoms. The van der Waals surface area contributed by atoms with Gasteiger partial charge >= 0.3 is 0 Å². The molecule has 0 unspecified atom stereocenters. The summed E-state index contributed by atoms with van der Waals surface area (Å²) in [6, 6.07) is 19.5. The van der Waals surface area contributed by atoms with Crippen molar-refractivity contribution in [3.63, 3.8) is 0 Å². The first-order valence-corrected chi connectivity index (χ1v) is 6.62. The first kappa shape index (κ1) is 11.8. The van der Waals surface area contributed by atoms with Crippen molar-refractivity contribution in [1.82, 2.24) is 5.16 Å². The van der Waals surface area contributed by atoms with E-state index in [1.54, 1.807) is 0 Å². The van der Waals surface area contributed by atoms with Crippen LogP contribution < -0.4 is 5.73 Å². The molecule has 2 N–H and O–H groups in total. The van der Waals surface area contributed by atoms with E-state index in [-0.39, 0.29) is 5.88 Å². The smallest absolute Gasteiger partial charge is 0.230 e. The van der Waals surface area contributed by atoms with Gasteiger partial charge in [0.05, 0.1) is 5.56 Å². The fourth-order valence-corrected chi connectivity index (χ4v) is 2.45. The van der Waals surface area contributed by atoms with Gasteiger partial charge in [-0.3, -0.25) is 0 Å². The van der Waals surface area contributed by atoms with Gasteiger partial charge in [-0.05, 0) is 17.7 Å². The average Bonchev–Trinajstić information content (AvgIpc) is 3.11. The fraction of sp³-hybridized carbons (Fsp3) is 0. The zero-order valence-electron chi connectivity index (χ0n) is 11.1. The summed E-state index contributed by atoms with van der Waals surface area (Å²) in [5.41, 5.74) is 9.08. The third-order valence-corrected chi connectivity index (χ3v) is 3.44. The molecule has 0 saturated heterocycles. The Morgan fingerprint density at radius 3 is 2.48 bits per heavy atom. The molecule has 0 radical (unpaired) electrons. The van der Waals surface area contributed by atoms with Crippen molar-refractivity contribution in [2.24, 2.45) is 0 Å². The highest BCUT2D eigenvalue weighted by Gasteiger charge is 2.20. The SMILES string of the molecule is Nc1onc(-c2cc3ccccc3o2)c1-c1ccccc1. The molecule has 102 valence electrons. The van der Waals surface area contributed by atoms with Crippen molar-refractivity contribution >= 4 is 16.9 Å². The van der Waals surface area contributed by atoms with Gasteiger partial charge in [0.1, 0.15) is 5.58 Å². The highest BCUT2D eigenvalue weighted by Crippen LogP contribution is 2.38. The molecule has 2 heterocycles. The van der Waals surface area contributed by atoms with E-state index < -0.39 is 0 Å². The van der Waals surface area contributed by atoms with Gasteiger partial charge in [0.25, 0.3) is 0 Å². The first-order chi connectivity index (χ1) is 10.3. The number of para-hydroxylation sites is 1. The number of nitrogens with zero attached hydrogens (tertiary/aromatic N) is 1. The lowest BCUT2D eigenvalue weighted by atomic mass is 10.0. The number of rotatable bonds is 2. The lowest BCUT2D eigenvalue weighted by molar-refractivity contribution is 0.436. The molecule has 4 aromatic rings. The predicted molar refractivity (Wildman–Crippen MR) is 81.6 cm³/mol. The monoisotopic (exact) mass is 276 g/mol. The van der Waals surface area contributed by atoms with Gasteiger partial charge in [-0.1, -0.05) is 53.7 Å². The Hall–Kier alpha value is -3.01. The summed E-state index contributed by atoms with van der Waals surface area (Å²) in [6.07, 6.45) is 0. The number of aromatic nitrogens is 1. The number of fused-ring (bicyclic) bond motifs is 1. The minimum Gasteiger partial charge on any atom is -0.454 e. The summed E-state index contributed by atoms with van der Waals surface area (Å²) in [5.74, 6) is 0.937. The highest BCUT2D eigenvalue weighted by atomic mass is 16.5. The second-order valence-electron chi connectivity index (χ2n) is 4.78. The molecule has 4 heteroatoms. The van der Waals surface area contributed by atoms with Crippen LogP contribution >= 0.6 is 0 Å². The third-order valence-electron chi connectivity index (χ3n) is 3.44. The molecule has 0 atom stereocenters. The molecule has 0 amide bonds. The summed E-state index contributed by atoms with van der Waals surface area (Å²) in [7, 11) is 0. The van der Waals surface area contributed by atoms with E-state index >= 15 is 0 Å². The third kappa shape index (κ3) is 1.89. The van der Waals surface area contributed by atoms with E-state index in [1.807, 2.05) is 60.7 Å². The van der Waals surface area contributed by atoms with Gasteiger partial charge in [-0.2, -0.15) is 0 Å². The fourth-order valence-electron chi connectivity index (χ4n) is 2.45. The number of nitrogen functional groups attached to an aromatic ring is 1. The van der Waals surface area contributed by atoms with E-state index in [9.17, 15) is 0 Å². The van der Waals surface area contributed by atoms with E-state index in [2.05, 4.69) is 5.16 Å². The summed E-state index contributed by atoms with van der Waals surface area (Å²) in [5, 5.41) is 5.09. The maximum Gasteiger partial charge on any atom is 0.230 e. The summed E-state index contributed by atoms with van der Waals surface area (Å²) in [6.45, 7) is 0. The van der Waals surface area contributed by atoms with Crippen LogP contribution in [0.4, 0.5) is 5.88 Å². The normalized spacial score (nSPS) is 11.0. The van der Waals surface area contributed by atoms with Crippen LogP contribution in [0.3, 0.4) is 0 Å². The first-order valence-electron chi connectivity index (χ1n) is 6.62. The van der Waals surface area contributed by atoms with Crippen LogP contribution in [-0.2, 0) is 0 Å². The van der Waals surface area contributed by atoms with Crippen molar-refractivity contribution in [3.8, 4) is 22.6 Å². The molecule has 4 rings (SSSR count). The van der Waals surface area contributed by atoms with Crippen LogP contribution in [0, 0.1) is 0 Å². The summed E-state index contributed by atoms with van der Waals surface area (Å²) >= 11 is 0. The quantitative estimate of drug-likeness (QED) is 0.591. The molecule has 0 aliphatic carbocycles. The van der Waals surface area contributed by atoms with Crippen LogP contribution in [0.1, 0.15) is 0 Å². The van der Waals surface area contributed by atoms with E-state index in [4.69, 9.17) is 14.7 Å². The van der Waals surface area contributed by atoms with Crippen LogP contribution in [0.5, 0.6) is 0 Å². The van der Waals surface area contributed by atoms with Crippen LogP contribution in [-0.4, -0.2) is 5.16 Å². The standard InChI is InChI=1S/C17H12N2O2/c18-17-15(11-6-2-1-3-7-11)16(19-21-17)14-10-12-8-4-5-9-13(12)20-14/h1-10H,18H2. The molecule has 0 aliphatic rings. The highest BCUT2D eigenvalue weighted by molar-refractivity contribution is 5.89. The molecule has 2 aromatic carbocycles. The minimum atomic E-state index is 0.289. The molecule has 4 nitrogen and oxygen atoms in total. The second kappa shape index (κ2) is 4.52. The minimum absolute atomic E-state index is 0.289. The zero-order chi connectivity index (χ0) is 14.2. The molecule has 0 saturated carbocycles. The predicted octanol–water partition coefficient (Wildman–Crippen LogP) is 4.34. The van der Waals surface area contributed by atoms with Crippen LogP contribution in [0.15, 0.2) is 69.6 Å². The Balaban J connectivity index is 1.93. The van der Waals surface area contributed by atoms with Crippen molar-refractivity contribution in [2.45, 2.75) is 0 Å². The van der Waals surface area contributed by atoms with Gasteiger partial charge in [-0.25, -0.2) is 0 Å². The van der Waals surface area contributed by atoms with Gasteiger partial charge in [0, 0.05) is 5.39 Å². The van der Waals surface area contributed by atoms with Crippen LogP contribution in [0.25, 0.3) is 33.6 Å². The zero-order valence-corrected chi connectivity index (χ0v) is 11.1.